The number of carbonyl (C=O) groups excluding carboxylic acids is 1. The molecule has 1 unspecified atom stereocenters. The second-order valence-corrected chi connectivity index (χ2v) is 7.53. The van der Waals surface area contributed by atoms with Crippen LogP contribution in [0.15, 0.2) is 30.3 Å². The van der Waals surface area contributed by atoms with Gasteiger partial charge in [0.1, 0.15) is 0 Å². The molecule has 6 heteroatoms. The molecule has 5 nitrogen and oxygen atoms in total. The topological polar surface area (TPSA) is 41.4 Å². The third-order valence-electron chi connectivity index (χ3n) is 5.09. The molecule has 1 aliphatic rings. The van der Waals surface area contributed by atoms with Gasteiger partial charge in [0.05, 0.1) is 28.9 Å². The quantitative estimate of drug-likeness (QED) is 0.807. The third-order valence-corrected chi connectivity index (χ3v) is 5.64. The van der Waals surface area contributed by atoms with Crippen LogP contribution in [0.25, 0.3) is 0 Å². The van der Waals surface area contributed by atoms with Crippen molar-refractivity contribution in [2.75, 3.05) is 26.2 Å². The lowest BCUT2D eigenvalue weighted by atomic mass is 10.1. The lowest BCUT2D eigenvalue weighted by Gasteiger charge is -2.36. The zero-order valence-electron chi connectivity index (χ0n) is 15.8. The van der Waals surface area contributed by atoms with Crippen LogP contribution in [-0.4, -0.2) is 51.7 Å². The van der Waals surface area contributed by atoms with E-state index in [0.717, 1.165) is 44.1 Å². The Balaban J connectivity index is 1.52. The smallest absolute Gasteiger partial charge is 0.227 e. The summed E-state index contributed by atoms with van der Waals surface area (Å²) in [5.41, 5.74) is 3.07. The second kappa shape index (κ2) is 8.23. The van der Waals surface area contributed by atoms with E-state index in [-0.39, 0.29) is 11.8 Å². The molecule has 0 aliphatic carbocycles. The average Bonchev–Trinajstić information content (AvgIpc) is 2.89. The Morgan fingerprint density at radius 3 is 2.38 bits per heavy atom. The Labute approximate surface area is 160 Å². The largest absolute Gasteiger partial charge is 0.340 e. The van der Waals surface area contributed by atoms with Gasteiger partial charge >= 0.3 is 0 Å². The summed E-state index contributed by atoms with van der Waals surface area (Å²) in [5.74, 6) is 0.0952. The van der Waals surface area contributed by atoms with Crippen molar-refractivity contribution in [1.82, 2.24) is 19.6 Å². The second-order valence-electron chi connectivity index (χ2n) is 7.15. The summed E-state index contributed by atoms with van der Waals surface area (Å²) in [4.78, 5) is 17.2. The maximum Gasteiger partial charge on any atom is 0.227 e. The molecule has 2 aromatic rings. The first-order chi connectivity index (χ1) is 12.5. The summed E-state index contributed by atoms with van der Waals surface area (Å²) in [6.07, 6.45) is 0. The van der Waals surface area contributed by atoms with Crippen molar-refractivity contribution in [3.63, 3.8) is 0 Å². The minimum atomic E-state index is -0.107. The fourth-order valence-corrected chi connectivity index (χ4v) is 3.61. The van der Waals surface area contributed by atoms with Crippen LogP contribution in [0.1, 0.15) is 23.9 Å². The molecule has 0 spiro atoms. The molecule has 26 heavy (non-hydrogen) atoms. The summed E-state index contributed by atoms with van der Waals surface area (Å²) < 4.78 is 1.85. The van der Waals surface area contributed by atoms with Gasteiger partial charge in [0.25, 0.3) is 0 Å². The van der Waals surface area contributed by atoms with Gasteiger partial charge < -0.3 is 4.90 Å². The molecule has 2 heterocycles. The summed E-state index contributed by atoms with van der Waals surface area (Å²) in [5, 5.41) is 5.14. The van der Waals surface area contributed by atoms with E-state index in [0.29, 0.717) is 11.6 Å². The Kier molecular flexibility index (Phi) is 5.99. The number of benzene rings is 1. The maximum atomic E-state index is 12.8. The van der Waals surface area contributed by atoms with Gasteiger partial charge in [-0.2, -0.15) is 5.10 Å². The number of aromatic nitrogens is 2. The predicted octanol–water partition coefficient (Wildman–Crippen LogP) is 3.13. The van der Waals surface area contributed by atoms with Crippen molar-refractivity contribution in [2.24, 2.45) is 5.92 Å². The van der Waals surface area contributed by atoms with Crippen LogP contribution in [0.3, 0.4) is 0 Å². The first kappa shape index (κ1) is 18.9. The van der Waals surface area contributed by atoms with Gasteiger partial charge in [-0.1, -0.05) is 48.9 Å². The molecule has 0 bridgehead atoms. The summed E-state index contributed by atoms with van der Waals surface area (Å²) in [7, 11) is 0. The number of rotatable bonds is 5. The normalized spacial score (nSPS) is 16.7. The first-order valence-corrected chi connectivity index (χ1v) is 9.58. The number of halogens is 1. The number of piperazine rings is 1. The monoisotopic (exact) mass is 374 g/mol. The fourth-order valence-electron chi connectivity index (χ4n) is 3.47. The number of amides is 1. The molecule has 1 saturated heterocycles. The van der Waals surface area contributed by atoms with Crippen LogP contribution in [0.4, 0.5) is 0 Å². The number of nitrogens with zero attached hydrogens (tertiary/aromatic N) is 4. The van der Waals surface area contributed by atoms with Crippen LogP contribution in [0, 0.1) is 19.8 Å². The third kappa shape index (κ3) is 4.27. The molecule has 1 aromatic carbocycles. The molecule has 3 rings (SSSR count). The Morgan fingerprint density at radius 1 is 1.15 bits per heavy atom. The van der Waals surface area contributed by atoms with Gasteiger partial charge in [0.15, 0.2) is 0 Å². The molecule has 1 fully saturated rings. The molecule has 0 radical (unpaired) electrons. The molecule has 1 amide bonds. The van der Waals surface area contributed by atoms with Crippen LogP contribution >= 0.6 is 11.6 Å². The van der Waals surface area contributed by atoms with Crippen LogP contribution in [-0.2, 0) is 17.9 Å². The van der Waals surface area contributed by atoms with Crippen molar-refractivity contribution in [2.45, 2.75) is 33.9 Å². The van der Waals surface area contributed by atoms with Crippen molar-refractivity contribution < 1.29 is 4.79 Å². The summed E-state index contributed by atoms with van der Waals surface area (Å²) in [6, 6.07) is 10.5. The first-order valence-electron chi connectivity index (χ1n) is 9.20. The van der Waals surface area contributed by atoms with Crippen LogP contribution in [0.5, 0.6) is 0 Å². The Bertz CT molecular complexity index is 751. The molecule has 1 atom stereocenters. The summed E-state index contributed by atoms with van der Waals surface area (Å²) in [6.45, 7) is 10.7. The van der Waals surface area contributed by atoms with Gasteiger partial charge in [-0.15, -0.1) is 0 Å². The van der Waals surface area contributed by atoms with Crippen molar-refractivity contribution >= 4 is 17.5 Å². The van der Waals surface area contributed by atoms with Gasteiger partial charge in [-0.05, 0) is 19.4 Å². The minimum absolute atomic E-state index is 0.107. The molecule has 1 aromatic heterocycles. The van der Waals surface area contributed by atoms with E-state index in [9.17, 15) is 4.79 Å². The number of aryl methyl sites for hydroxylation is 1. The van der Waals surface area contributed by atoms with Gasteiger partial charge in [-0.25, -0.2) is 0 Å². The minimum Gasteiger partial charge on any atom is -0.340 e. The highest BCUT2D eigenvalue weighted by molar-refractivity contribution is 6.31. The predicted molar refractivity (Wildman–Crippen MR) is 104 cm³/mol. The van der Waals surface area contributed by atoms with E-state index in [1.165, 1.54) is 5.56 Å². The average molecular weight is 375 g/mol. The van der Waals surface area contributed by atoms with Gasteiger partial charge in [-0.3, -0.25) is 14.4 Å². The van der Waals surface area contributed by atoms with Crippen molar-refractivity contribution in [1.29, 1.82) is 0 Å². The Morgan fingerprint density at radius 2 is 1.81 bits per heavy atom. The van der Waals surface area contributed by atoms with Gasteiger partial charge in [0.2, 0.25) is 5.91 Å². The van der Waals surface area contributed by atoms with E-state index in [1.54, 1.807) is 0 Å². The molecule has 0 saturated carbocycles. The fraction of sp³-hybridized carbons (Fsp3) is 0.500. The molecular weight excluding hydrogens is 348 g/mol. The highest BCUT2D eigenvalue weighted by Gasteiger charge is 2.26. The van der Waals surface area contributed by atoms with Crippen molar-refractivity contribution in [3.05, 3.63) is 52.3 Å². The van der Waals surface area contributed by atoms with Crippen molar-refractivity contribution in [3.8, 4) is 0 Å². The van der Waals surface area contributed by atoms with Gasteiger partial charge in [0, 0.05) is 32.7 Å². The zero-order valence-corrected chi connectivity index (χ0v) is 16.5. The summed E-state index contributed by atoms with van der Waals surface area (Å²) >= 11 is 6.21. The lowest BCUT2D eigenvalue weighted by molar-refractivity contribution is -0.137. The van der Waals surface area contributed by atoms with E-state index in [4.69, 9.17) is 11.6 Å². The highest BCUT2D eigenvalue weighted by atomic mass is 35.5. The number of carbonyl (C=O) groups is 1. The van der Waals surface area contributed by atoms with E-state index in [2.05, 4.69) is 34.3 Å². The Hall–Kier alpha value is -1.85. The number of hydrogen-bond donors (Lipinski definition) is 0. The maximum absolute atomic E-state index is 12.8. The lowest BCUT2D eigenvalue weighted by Crippen LogP contribution is -2.50. The van der Waals surface area contributed by atoms with Crippen LogP contribution < -0.4 is 0 Å². The zero-order chi connectivity index (χ0) is 18.7. The van der Waals surface area contributed by atoms with E-state index >= 15 is 0 Å². The standard InChI is InChI=1S/C20H27ClN4O/c1-15(13-25-17(3)19(21)16(2)22-25)20(26)24-11-9-23(10-12-24)14-18-7-5-4-6-8-18/h4-8,15H,9-14H2,1-3H3. The van der Waals surface area contributed by atoms with Crippen LogP contribution in [0.2, 0.25) is 5.02 Å². The molecule has 140 valence electrons. The van der Waals surface area contributed by atoms with E-state index < -0.39 is 0 Å². The molecule has 1 aliphatic heterocycles. The van der Waals surface area contributed by atoms with E-state index in [1.807, 2.05) is 36.4 Å². The SMILES string of the molecule is Cc1nn(CC(C)C(=O)N2CCN(Cc3ccccc3)CC2)c(C)c1Cl. The highest BCUT2D eigenvalue weighted by Crippen LogP contribution is 2.20. The number of hydrogen-bond acceptors (Lipinski definition) is 3. The molecule has 0 N–H and O–H groups in total. The molecular formula is C20H27ClN4O.